The van der Waals surface area contributed by atoms with E-state index in [1.165, 1.54) is 0 Å². The molecular formula is C22H33IN6O2. The molecule has 3 rings (SSSR count). The molecule has 8 nitrogen and oxygen atoms in total. The Morgan fingerprint density at radius 2 is 1.90 bits per heavy atom. The molecule has 1 fully saturated rings. The van der Waals surface area contributed by atoms with Gasteiger partial charge in [-0.3, -0.25) is 9.69 Å². The second-order valence-electron chi connectivity index (χ2n) is 7.67. The van der Waals surface area contributed by atoms with Gasteiger partial charge in [-0.05, 0) is 32.9 Å². The van der Waals surface area contributed by atoms with Gasteiger partial charge in [0.1, 0.15) is 12.0 Å². The van der Waals surface area contributed by atoms with Crippen molar-refractivity contribution in [1.82, 2.24) is 25.4 Å². The third kappa shape index (κ3) is 7.80. The lowest BCUT2D eigenvalue weighted by Gasteiger charge is -2.36. The smallest absolute Gasteiger partial charge is 0.234 e. The zero-order valence-corrected chi connectivity index (χ0v) is 20.8. The maximum Gasteiger partial charge on any atom is 0.234 e. The number of rotatable bonds is 7. The topological polar surface area (TPSA) is 86.0 Å². The van der Waals surface area contributed by atoms with Crippen molar-refractivity contribution in [1.29, 1.82) is 0 Å². The van der Waals surface area contributed by atoms with Gasteiger partial charge in [-0.25, -0.2) is 9.98 Å². The molecule has 1 aromatic heterocycles. The Labute approximate surface area is 201 Å². The molecule has 2 N–H and O–H groups in total. The van der Waals surface area contributed by atoms with Crippen molar-refractivity contribution in [2.45, 2.75) is 33.4 Å². The van der Waals surface area contributed by atoms with Crippen LogP contribution in [0.1, 0.15) is 26.5 Å². The molecule has 0 spiro atoms. The summed E-state index contributed by atoms with van der Waals surface area (Å²) in [7, 11) is 0. The molecule has 9 heteroatoms. The van der Waals surface area contributed by atoms with E-state index in [0.29, 0.717) is 19.0 Å². The Morgan fingerprint density at radius 1 is 1.19 bits per heavy atom. The van der Waals surface area contributed by atoms with Gasteiger partial charge in [0.05, 0.1) is 13.1 Å². The summed E-state index contributed by atoms with van der Waals surface area (Å²) in [4.78, 5) is 25.7. The quantitative estimate of drug-likeness (QED) is 0.319. The number of aromatic nitrogens is 1. The molecule has 0 saturated carbocycles. The van der Waals surface area contributed by atoms with E-state index in [9.17, 15) is 4.79 Å². The van der Waals surface area contributed by atoms with Crippen LogP contribution in [0.3, 0.4) is 0 Å². The number of benzene rings is 1. The van der Waals surface area contributed by atoms with E-state index in [2.05, 4.69) is 32.3 Å². The van der Waals surface area contributed by atoms with E-state index in [1.807, 2.05) is 44.2 Å². The molecule has 2 aromatic rings. The molecule has 1 aromatic carbocycles. The number of halogens is 1. The monoisotopic (exact) mass is 540 g/mol. The number of nitrogens with zero attached hydrogens (tertiary/aromatic N) is 4. The van der Waals surface area contributed by atoms with Crippen molar-refractivity contribution >= 4 is 35.8 Å². The van der Waals surface area contributed by atoms with Gasteiger partial charge in [0.15, 0.2) is 5.96 Å². The normalized spacial score (nSPS) is 15.0. The number of nitrogens with one attached hydrogen (secondary N) is 2. The Morgan fingerprint density at radius 3 is 2.55 bits per heavy atom. The summed E-state index contributed by atoms with van der Waals surface area (Å²) in [6.07, 6.45) is 1.67. The van der Waals surface area contributed by atoms with E-state index in [4.69, 9.17) is 9.41 Å². The minimum absolute atomic E-state index is 0. The van der Waals surface area contributed by atoms with Gasteiger partial charge < -0.3 is 20.0 Å². The molecule has 0 radical (unpaired) electrons. The van der Waals surface area contributed by atoms with Crippen molar-refractivity contribution in [3.05, 3.63) is 42.3 Å². The number of hydrogen-bond acceptors (Lipinski definition) is 5. The van der Waals surface area contributed by atoms with E-state index in [1.54, 1.807) is 6.26 Å². The molecule has 0 aliphatic carbocycles. The predicted molar refractivity (Wildman–Crippen MR) is 133 cm³/mol. The Balaban J connectivity index is 0.00000341. The summed E-state index contributed by atoms with van der Waals surface area (Å²) in [5.41, 5.74) is 1.76. The molecule has 170 valence electrons. The first-order valence-electron chi connectivity index (χ1n) is 10.6. The van der Waals surface area contributed by atoms with Crippen molar-refractivity contribution in [3.63, 3.8) is 0 Å². The number of piperazine rings is 1. The molecule has 1 saturated heterocycles. The standard InChI is InChI=1S/C22H32N6O2.HI/c1-4-23-22(28-12-10-27(11-13-28)15-20(29)25-17(2)3)24-14-19-16-30-21(26-19)18-8-6-5-7-9-18;/h5-9,16-17H,4,10-15H2,1-3H3,(H,23,24)(H,25,29);1H. The van der Waals surface area contributed by atoms with Gasteiger partial charge in [-0.15, -0.1) is 24.0 Å². The van der Waals surface area contributed by atoms with Crippen molar-refractivity contribution in [2.75, 3.05) is 39.3 Å². The fourth-order valence-corrected chi connectivity index (χ4v) is 3.36. The fraction of sp³-hybridized carbons (Fsp3) is 0.500. The number of carbonyl (C=O) groups excluding carboxylic acids is 1. The fourth-order valence-electron chi connectivity index (χ4n) is 3.36. The second kappa shape index (κ2) is 12.7. The van der Waals surface area contributed by atoms with Gasteiger partial charge in [-0.2, -0.15) is 0 Å². The minimum Gasteiger partial charge on any atom is -0.444 e. The highest BCUT2D eigenvalue weighted by Gasteiger charge is 2.21. The van der Waals surface area contributed by atoms with Crippen molar-refractivity contribution in [2.24, 2.45) is 4.99 Å². The Bertz CT molecular complexity index is 832. The number of amides is 1. The van der Waals surface area contributed by atoms with Gasteiger partial charge in [0, 0.05) is 44.3 Å². The number of oxazole rings is 1. The Hall–Kier alpha value is -2.14. The predicted octanol–water partition coefficient (Wildman–Crippen LogP) is 2.57. The maximum absolute atomic E-state index is 12.0. The molecule has 2 heterocycles. The molecule has 0 unspecified atom stereocenters. The summed E-state index contributed by atoms with van der Waals surface area (Å²) in [5, 5.41) is 6.31. The minimum atomic E-state index is 0. The molecule has 0 atom stereocenters. The van der Waals surface area contributed by atoms with Crippen LogP contribution in [0.4, 0.5) is 0 Å². The van der Waals surface area contributed by atoms with Crippen molar-refractivity contribution in [3.8, 4) is 11.5 Å². The molecule has 1 aliphatic rings. The van der Waals surface area contributed by atoms with Crippen LogP contribution in [0.5, 0.6) is 0 Å². The molecular weight excluding hydrogens is 507 g/mol. The average Bonchev–Trinajstić information content (AvgIpc) is 3.21. The molecule has 0 bridgehead atoms. The van der Waals surface area contributed by atoms with E-state index < -0.39 is 0 Å². The third-order valence-corrected chi connectivity index (χ3v) is 4.79. The van der Waals surface area contributed by atoms with Crippen LogP contribution in [-0.2, 0) is 11.3 Å². The van der Waals surface area contributed by atoms with Gasteiger partial charge in [0.25, 0.3) is 0 Å². The number of hydrogen-bond donors (Lipinski definition) is 2. The SMILES string of the molecule is CCNC(=NCc1coc(-c2ccccc2)n1)N1CCN(CC(=O)NC(C)C)CC1.I. The van der Waals surface area contributed by atoms with Crippen LogP contribution >= 0.6 is 24.0 Å². The number of guanidine groups is 1. The average molecular weight is 540 g/mol. The number of aliphatic imine (C=N–C) groups is 1. The van der Waals surface area contributed by atoms with Crippen LogP contribution in [0.2, 0.25) is 0 Å². The zero-order chi connectivity index (χ0) is 21.3. The highest BCUT2D eigenvalue weighted by atomic mass is 127. The summed E-state index contributed by atoms with van der Waals surface area (Å²) in [6.45, 7) is 11.0. The van der Waals surface area contributed by atoms with Gasteiger partial charge >= 0.3 is 0 Å². The molecule has 31 heavy (non-hydrogen) atoms. The highest BCUT2D eigenvalue weighted by Crippen LogP contribution is 2.18. The van der Waals surface area contributed by atoms with E-state index in [0.717, 1.165) is 49.9 Å². The van der Waals surface area contributed by atoms with E-state index in [-0.39, 0.29) is 35.9 Å². The molecule has 1 amide bonds. The van der Waals surface area contributed by atoms with Crippen LogP contribution in [0, 0.1) is 0 Å². The largest absolute Gasteiger partial charge is 0.444 e. The highest BCUT2D eigenvalue weighted by molar-refractivity contribution is 14.0. The summed E-state index contributed by atoms with van der Waals surface area (Å²) < 4.78 is 5.61. The first kappa shape index (κ1) is 25.1. The summed E-state index contributed by atoms with van der Waals surface area (Å²) in [5.74, 6) is 1.56. The third-order valence-electron chi connectivity index (χ3n) is 4.79. The summed E-state index contributed by atoms with van der Waals surface area (Å²) in [6, 6.07) is 10.0. The second-order valence-corrected chi connectivity index (χ2v) is 7.67. The first-order chi connectivity index (χ1) is 14.5. The first-order valence-corrected chi connectivity index (χ1v) is 10.6. The number of carbonyl (C=O) groups is 1. The maximum atomic E-state index is 12.0. The van der Waals surface area contributed by atoms with Crippen LogP contribution in [0.25, 0.3) is 11.5 Å². The van der Waals surface area contributed by atoms with Crippen molar-refractivity contribution < 1.29 is 9.21 Å². The summed E-state index contributed by atoms with van der Waals surface area (Å²) >= 11 is 0. The van der Waals surface area contributed by atoms with Gasteiger partial charge in [-0.1, -0.05) is 18.2 Å². The molecule has 1 aliphatic heterocycles. The van der Waals surface area contributed by atoms with E-state index >= 15 is 0 Å². The lowest BCUT2D eigenvalue weighted by atomic mass is 10.2. The van der Waals surface area contributed by atoms with Crippen LogP contribution in [0.15, 0.2) is 46.0 Å². The van der Waals surface area contributed by atoms with Gasteiger partial charge in [0.2, 0.25) is 11.8 Å². The lowest BCUT2D eigenvalue weighted by Crippen LogP contribution is -2.54. The van der Waals surface area contributed by atoms with Crippen LogP contribution < -0.4 is 10.6 Å². The Kier molecular flexibility index (Phi) is 10.3. The zero-order valence-electron chi connectivity index (χ0n) is 18.5. The lowest BCUT2D eigenvalue weighted by molar-refractivity contribution is -0.123. The van der Waals surface area contributed by atoms with Crippen LogP contribution in [-0.4, -0.2) is 72.0 Å².